The molecule has 6 nitrogen and oxygen atoms in total. The van der Waals surface area contributed by atoms with Crippen LogP contribution in [0.3, 0.4) is 0 Å². The summed E-state index contributed by atoms with van der Waals surface area (Å²) in [5, 5.41) is 6.35. The predicted octanol–water partition coefficient (Wildman–Crippen LogP) is 4.08. The summed E-state index contributed by atoms with van der Waals surface area (Å²) in [5.41, 5.74) is 8.76. The Labute approximate surface area is 161 Å². The van der Waals surface area contributed by atoms with Gasteiger partial charge in [-0.05, 0) is 34.0 Å². The van der Waals surface area contributed by atoms with Crippen LogP contribution < -0.4 is 20.6 Å². The summed E-state index contributed by atoms with van der Waals surface area (Å²) >= 11 is 6.36. The normalized spacial score (nSPS) is 10.9. The fourth-order valence-electron chi connectivity index (χ4n) is 2.69. The number of urea groups is 1. The third kappa shape index (κ3) is 4.48. The number of nitrogens with two attached hydrogens (primary N) is 1. The molecule has 27 heavy (non-hydrogen) atoms. The number of nitrogens with zero attached hydrogens (tertiary/aromatic N) is 1. The summed E-state index contributed by atoms with van der Waals surface area (Å²) in [5.74, 6) is 0.898. The van der Waals surface area contributed by atoms with Gasteiger partial charge in [0.25, 0.3) is 0 Å². The third-order valence-corrected chi connectivity index (χ3v) is 4.17. The number of primary amides is 1. The summed E-state index contributed by atoms with van der Waals surface area (Å²) < 4.78 is 11.3. The number of carbonyl (C=O) groups is 1. The van der Waals surface area contributed by atoms with E-state index in [1.54, 1.807) is 12.1 Å². The fourth-order valence-corrected chi connectivity index (χ4v) is 2.97. The van der Waals surface area contributed by atoms with Crippen molar-refractivity contribution in [2.45, 2.75) is 6.61 Å². The summed E-state index contributed by atoms with van der Waals surface area (Å²) in [6.07, 6.45) is 1.41. The molecule has 3 N–H and O–H groups in total. The molecule has 0 fully saturated rings. The molecule has 7 heteroatoms. The highest BCUT2D eigenvalue weighted by Gasteiger charge is 2.12. The van der Waals surface area contributed by atoms with Crippen molar-refractivity contribution in [2.75, 3.05) is 7.11 Å². The molecule has 0 atom stereocenters. The van der Waals surface area contributed by atoms with Crippen LogP contribution >= 0.6 is 11.6 Å². The Morgan fingerprint density at radius 1 is 1.22 bits per heavy atom. The standard InChI is InChI=1S/C20H18ClN3O3/c1-26-18-10-13(11-23-24-20(22)25)9-17(21)19(18)27-12-15-7-4-6-14-5-2-3-8-16(14)15/h2-11H,12H2,1H3,(H3,22,24,25)/b23-11-. The molecule has 0 aliphatic carbocycles. The van der Waals surface area contributed by atoms with Crippen molar-refractivity contribution in [3.63, 3.8) is 0 Å². The molecule has 0 aliphatic heterocycles. The van der Waals surface area contributed by atoms with Crippen LogP contribution in [0.4, 0.5) is 4.79 Å². The zero-order valence-electron chi connectivity index (χ0n) is 14.6. The molecule has 0 unspecified atom stereocenters. The lowest BCUT2D eigenvalue weighted by molar-refractivity contribution is 0.249. The Morgan fingerprint density at radius 2 is 2.00 bits per heavy atom. The maximum Gasteiger partial charge on any atom is 0.332 e. The topological polar surface area (TPSA) is 85.9 Å². The van der Waals surface area contributed by atoms with Gasteiger partial charge in [-0.2, -0.15) is 5.10 Å². The van der Waals surface area contributed by atoms with Crippen molar-refractivity contribution in [1.82, 2.24) is 5.43 Å². The number of fused-ring (bicyclic) bond motifs is 1. The summed E-state index contributed by atoms with van der Waals surface area (Å²) in [6.45, 7) is 0.341. The molecule has 3 aromatic rings. The molecule has 138 valence electrons. The first-order valence-corrected chi connectivity index (χ1v) is 8.52. The van der Waals surface area contributed by atoms with Gasteiger partial charge in [-0.3, -0.25) is 0 Å². The minimum atomic E-state index is -0.751. The maximum atomic E-state index is 10.7. The van der Waals surface area contributed by atoms with E-state index < -0.39 is 6.03 Å². The number of hydrazone groups is 1. The lowest BCUT2D eigenvalue weighted by Gasteiger charge is -2.14. The predicted molar refractivity (Wildman–Crippen MR) is 107 cm³/mol. The molecular weight excluding hydrogens is 366 g/mol. The monoisotopic (exact) mass is 383 g/mol. The van der Waals surface area contributed by atoms with Gasteiger partial charge in [-0.15, -0.1) is 0 Å². The van der Waals surface area contributed by atoms with E-state index in [9.17, 15) is 4.79 Å². The van der Waals surface area contributed by atoms with Crippen LogP contribution in [0.1, 0.15) is 11.1 Å². The van der Waals surface area contributed by atoms with Crippen LogP contribution in [-0.4, -0.2) is 19.4 Å². The number of hydrogen-bond donors (Lipinski definition) is 2. The lowest BCUT2D eigenvalue weighted by Crippen LogP contribution is -2.24. The van der Waals surface area contributed by atoms with E-state index in [0.717, 1.165) is 16.3 Å². The summed E-state index contributed by atoms with van der Waals surface area (Å²) in [7, 11) is 1.53. The number of carbonyl (C=O) groups excluding carboxylic acids is 1. The molecular formula is C20H18ClN3O3. The van der Waals surface area contributed by atoms with Gasteiger partial charge in [0.2, 0.25) is 0 Å². The molecule has 0 saturated carbocycles. The average molecular weight is 384 g/mol. The zero-order valence-corrected chi connectivity index (χ0v) is 15.4. The summed E-state index contributed by atoms with van der Waals surface area (Å²) in [4.78, 5) is 10.7. The van der Waals surface area contributed by atoms with Crippen LogP contribution in [0, 0.1) is 0 Å². The molecule has 0 bridgehead atoms. The quantitative estimate of drug-likeness (QED) is 0.496. The Hall–Kier alpha value is -3.25. The molecule has 0 heterocycles. The molecule has 0 radical (unpaired) electrons. The molecule has 0 aromatic heterocycles. The number of amides is 2. The first-order chi connectivity index (χ1) is 13.1. The number of ether oxygens (including phenoxy) is 2. The lowest BCUT2D eigenvalue weighted by atomic mass is 10.1. The SMILES string of the molecule is COc1cc(/C=N\NC(N)=O)cc(Cl)c1OCc1cccc2ccccc12. The van der Waals surface area contributed by atoms with E-state index >= 15 is 0 Å². The van der Waals surface area contributed by atoms with Crippen molar-refractivity contribution in [3.8, 4) is 11.5 Å². The van der Waals surface area contributed by atoms with Crippen molar-refractivity contribution < 1.29 is 14.3 Å². The second-order valence-electron chi connectivity index (χ2n) is 5.70. The van der Waals surface area contributed by atoms with Crippen LogP contribution in [0.2, 0.25) is 5.02 Å². The van der Waals surface area contributed by atoms with E-state index in [0.29, 0.717) is 28.7 Å². The Bertz CT molecular complexity index is 1000. The van der Waals surface area contributed by atoms with Crippen LogP contribution in [0.15, 0.2) is 59.7 Å². The summed E-state index contributed by atoms with van der Waals surface area (Å²) in [6, 6.07) is 16.8. The first kappa shape index (κ1) is 18.5. The number of halogens is 1. The van der Waals surface area contributed by atoms with Gasteiger partial charge in [0, 0.05) is 0 Å². The fraction of sp³-hybridized carbons (Fsp3) is 0.100. The maximum absolute atomic E-state index is 10.7. The second kappa shape index (κ2) is 8.42. The van der Waals surface area contributed by atoms with Crippen LogP contribution in [0.5, 0.6) is 11.5 Å². The Balaban J connectivity index is 1.84. The van der Waals surface area contributed by atoms with Gasteiger partial charge in [0.15, 0.2) is 11.5 Å². The first-order valence-electron chi connectivity index (χ1n) is 8.14. The number of benzene rings is 3. The van der Waals surface area contributed by atoms with Crippen molar-refractivity contribution in [1.29, 1.82) is 0 Å². The van der Waals surface area contributed by atoms with E-state index in [-0.39, 0.29) is 0 Å². The molecule has 0 aliphatic rings. The molecule has 2 amide bonds. The largest absolute Gasteiger partial charge is 0.493 e. The van der Waals surface area contributed by atoms with Crippen LogP contribution in [-0.2, 0) is 6.61 Å². The Kier molecular flexibility index (Phi) is 5.78. The van der Waals surface area contributed by atoms with Gasteiger partial charge in [-0.1, -0.05) is 54.1 Å². The van der Waals surface area contributed by atoms with E-state index in [4.69, 9.17) is 26.8 Å². The van der Waals surface area contributed by atoms with E-state index in [2.05, 4.69) is 28.7 Å². The highest BCUT2D eigenvalue weighted by molar-refractivity contribution is 6.32. The molecule has 0 spiro atoms. The Morgan fingerprint density at radius 3 is 2.78 bits per heavy atom. The van der Waals surface area contributed by atoms with Crippen molar-refractivity contribution in [3.05, 3.63) is 70.7 Å². The highest BCUT2D eigenvalue weighted by atomic mass is 35.5. The van der Waals surface area contributed by atoms with E-state index in [1.165, 1.54) is 13.3 Å². The number of methoxy groups -OCH3 is 1. The number of hydrogen-bond acceptors (Lipinski definition) is 4. The highest BCUT2D eigenvalue weighted by Crippen LogP contribution is 2.37. The van der Waals surface area contributed by atoms with Crippen LogP contribution in [0.25, 0.3) is 10.8 Å². The second-order valence-corrected chi connectivity index (χ2v) is 6.10. The van der Waals surface area contributed by atoms with Gasteiger partial charge in [-0.25, -0.2) is 10.2 Å². The number of nitrogens with one attached hydrogen (secondary N) is 1. The smallest absolute Gasteiger partial charge is 0.332 e. The average Bonchev–Trinajstić information content (AvgIpc) is 2.66. The van der Waals surface area contributed by atoms with E-state index in [1.807, 2.05) is 24.3 Å². The van der Waals surface area contributed by atoms with Crippen molar-refractivity contribution in [2.24, 2.45) is 10.8 Å². The van der Waals surface area contributed by atoms with Gasteiger partial charge >= 0.3 is 6.03 Å². The minimum Gasteiger partial charge on any atom is -0.493 e. The number of rotatable bonds is 6. The van der Waals surface area contributed by atoms with Crippen molar-refractivity contribution >= 4 is 34.6 Å². The van der Waals surface area contributed by atoms with Gasteiger partial charge in [0.05, 0.1) is 18.3 Å². The molecule has 3 rings (SSSR count). The zero-order chi connectivity index (χ0) is 19.2. The molecule has 3 aromatic carbocycles. The molecule has 0 saturated heterocycles. The minimum absolute atomic E-state index is 0.341. The third-order valence-electron chi connectivity index (χ3n) is 3.89. The van der Waals surface area contributed by atoms with Gasteiger partial charge in [0.1, 0.15) is 6.61 Å². The van der Waals surface area contributed by atoms with Gasteiger partial charge < -0.3 is 15.2 Å².